The van der Waals surface area contributed by atoms with E-state index in [0.717, 1.165) is 10.3 Å². The number of rotatable bonds is 3. The molecule has 9 nitrogen and oxygen atoms in total. The van der Waals surface area contributed by atoms with Gasteiger partial charge >= 0.3 is 11.9 Å². The molecule has 4 heterocycles. The van der Waals surface area contributed by atoms with Gasteiger partial charge in [0, 0.05) is 0 Å². The van der Waals surface area contributed by atoms with Crippen LogP contribution in [-0.2, 0) is 9.47 Å². The molecule has 0 unspecified atom stereocenters. The van der Waals surface area contributed by atoms with Crippen LogP contribution < -0.4 is 5.56 Å². The van der Waals surface area contributed by atoms with Crippen molar-refractivity contribution in [2.24, 2.45) is 0 Å². The van der Waals surface area contributed by atoms with Crippen LogP contribution >= 0.6 is 34.4 Å². The van der Waals surface area contributed by atoms with Crippen molar-refractivity contribution in [2.75, 3.05) is 20.5 Å². The normalized spacial score (nSPS) is 10.4. The van der Waals surface area contributed by atoms with Crippen molar-refractivity contribution in [3.63, 3.8) is 0 Å². The van der Waals surface area contributed by atoms with Gasteiger partial charge in [-0.15, -0.1) is 34.4 Å². The molecule has 0 aromatic carbocycles. The number of H-pyrrole nitrogens is 1. The molecule has 0 fully saturated rings. The minimum atomic E-state index is -0.723. The Morgan fingerprint density at radius 3 is 2.28 bits per heavy atom. The number of fused-ring (bicyclic) bond motifs is 2. The lowest BCUT2D eigenvalue weighted by atomic mass is 10.4. The number of hydrogen-bond acceptors (Lipinski definition) is 11. The van der Waals surface area contributed by atoms with Crippen molar-refractivity contribution >= 4 is 67.1 Å². The molecule has 0 radical (unpaired) electrons. The van der Waals surface area contributed by atoms with E-state index in [1.807, 2.05) is 17.7 Å². The zero-order valence-electron chi connectivity index (χ0n) is 15.4. The summed E-state index contributed by atoms with van der Waals surface area (Å²) >= 11 is 4.25. The molecule has 12 heteroatoms. The maximum Gasteiger partial charge on any atom is 0.362 e. The van der Waals surface area contributed by atoms with Crippen LogP contribution in [0.3, 0.4) is 0 Å². The van der Waals surface area contributed by atoms with Crippen molar-refractivity contribution < 1.29 is 19.1 Å². The van der Waals surface area contributed by atoms with Crippen LogP contribution in [-0.4, -0.2) is 52.3 Å². The van der Waals surface area contributed by atoms with Gasteiger partial charge in [-0.1, -0.05) is 0 Å². The average Bonchev–Trinajstić information content (AvgIpc) is 3.39. The second-order valence-corrected chi connectivity index (χ2v) is 7.83. The Hall–Kier alpha value is -2.83. The Kier molecular flexibility index (Phi) is 6.56. The summed E-state index contributed by atoms with van der Waals surface area (Å²) in [6.07, 6.45) is 1.86. The van der Waals surface area contributed by atoms with Gasteiger partial charge in [-0.05, 0) is 29.1 Å². The van der Waals surface area contributed by atoms with Gasteiger partial charge in [0.2, 0.25) is 5.69 Å². The molecule has 0 aliphatic rings. The zero-order valence-corrected chi connectivity index (χ0v) is 17.9. The summed E-state index contributed by atoms with van der Waals surface area (Å²) in [4.78, 5) is 50.4. The molecule has 29 heavy (non-hydrogen) atoms. The standard InChI is InChI=1S/C9H8N2O2S2.C8H6N2O3S/c1-13-9(12)6-8(14-2)11-7-5(10-6)3-4-15-7;1-13-8(12)5-6(11)10-7-4(9-5)2-3-14-7/h3-4H,1-2H3;2-3H,1H3,(H,10,11). The molecule has 0 spiro atoms. The number of carbonyl (C=O) groups is 2. The number of thiophene rings is 2. The predicted molar refractivity (Wildman–Crippen MR) is 112 cm³/mol. The van der Waals surface area contributed by atoms with E-state index in [9.17, 15) is 14.4 Å². The maximum atomic E-state index is 11.4. The van der Waals surface area contributed by atoms with E-state index in [2.05, 4.69) is 29.4 Å². The number of ether oxygens (including phenoxy) is 2. The molecule has 4 aromatic heterocycles. The third kappa shape index (κ3) is 4.44. The minimum absolute atomic E-state index is 0.210. The number of carbonyl (C=O) groups excluding carboxylic acids is 2. The van der Waals surface area contributed by atoms with E-state index in [-0.39, 0.29) is 11.4 Å². The van der Waals surface area contributed by atoms with Crippen LogP contribution in [0.4, 0.5) is 0 Å². The van der Waals surface area contributed by atoms with E-state index in [1.54, 1.807) is 11.4 Å². The Morgan fingerprint density at radius 1 is 0.966 bits per heavy atom. The third-order valence-corrected chi connectivity index (χ3v) is 5.82. The number of aromatic nitrogens is 4. The fraction of sp³-hybridized carbons (Fsp3) is 0.176. The lowest BCUT2D eigenvalue weighted by Gasteiger charge is -2.03. The van der Waals surface area contributed by atoms with Crippen LogP contribution in [0.25, 0.3) is 20.7 Å². The number of thioether (sulfide) groups is 1. The van der Waals surface area contributed by atoms with Gasteiger partial charge < -0.3 is 14.5 Å². The average molecular weight is 451 g/mol. The fourth-order valence-electron chi connectivity index (χ4n) is 2.20. The second kappa shape index (κ2) is 9.11. The minimum Gasteiger partial charge on any atom is -0.464 e. The summed E-state index contributed by atoms with van der Waals surface area (Å²) in [5, 5.41) is 4.29. The van der Waals surface area contributed by atoms with E-state index in [0.29, 0.717) is 15.4 Å². The third-order valence-electron chi connectivity index (χ3n) is 3.53. The fourth-order valence-corrected chi connectivity index (χ4v) is 4.19. The quantitative estimate of drug-likeness (QED) is 0.370. The predicted octanol–water partition coefficient (Wildman–Crippen LogP) is 2.97. The number of aromatic amines is 1. The highest BCUT2D eigenvalue weighted by Crippen LogP contribution is 2.24. The topological polar surface area (TPSA) is 124 Å². The Labute approximate surface area is 176 Å². The van der Waals surface area contributed by atoms with Crippen LogP contribution in [0.2, 0.25) is 0 Å². The molecule has 4 aromatic rings. The Morgan fingerprint density at radius 2 is 1.59 bits per heavy atom. The smallest absolute Gasteiger partial charge is 0.362 e. The molecule has 0 saturated heterocycles. The molecule has 0 atom stereocenters. The highest BCUT2D eigenvalue weighted by Gasteiger charge is 2.16. The van der Waals surface area contributed by atoms with Crippen LogP contribution in [0.1, 0.15) is 21.0 Å². The highest BCUT2D eigenvalue weighted by molar-refractivity contribution is 7.98. The van der Waals surface area contributed by atoms with Gasteiger partial charge in [0.1, 0.15) is 20.2 Å². The maximum absolute atomic E-state index is 11.4. The van der Waals surface area contributed by atoms with Crippen molar-refractivity contribution in [3.8, 4) is 0 Å². The van der Waals surface area contributed by atoms with Gasteiger partial charge in [0.05, 0.1) is 19.7 Å². The highest BCUT2D eigenvalue weighted by atomic mass is 32.2. The number of esters is 2. The summed E-state index contributed by atoms with van der Waals surface area (Å²) < 4.78 is 9.08. The molecular weight excluding hydrogens is 436 g/mol. The monoisotopic (exact) mass is 450 g/mol. The van der Waals surface area contributed by atoms with Crippen molar-refractivity contribution in [1.82, 2.24) is 19.9 Å². The van der Waals surface area contributed by atoms with Crippen molar-refractivity contribution in [2.45, 2.75) is 5.03 Å². The molecule has 0 saturated carbocycles. The number of nitrogens with zero attached hydrogens (tertiary/aromatic N) is 3. The number of methoxy groups -OCH3 is 2. The van der Waals surface area contributed by atoms with Crippen LogP contribution in [0.5, 0.6) is 0 Å². The summed E-state index contributed by atoms with van der Waals surface area (Å²) in [5.41, 5.74) is 0.884. The molecule has 0 bridgehead atoms. The van der Waals surface area contributed by atoms with E-state index in [4.69, 9.17) is 0 Å². The van der Waals surface area contributed by atoms with E-state index >= 15 is 0 Å². The molecule has 0 aliphatic carbocycles. The van der Waals surface area contributed by atoms with Crippen LogP contribution in [0.15, 0.2) is 32.7 Å². The van der Waals surface area contributed by atoms with Gasteiger partial charge in [0.25, 0.3) is 5.56 Å². The number of hydrogen-bond donors (Lipinski definition) is 1. The van der Waals surface area contributed by atoms with Gasteiger partial charge in [-0.3, -0.25) is 4.79 Å². The molecule has 0 amide bonds. The molecular formula is C17H14N4O5S3. The summed E-state index contributed by atoms with van der Waals surface area (Å²) in [7, 11) is 2.55. The molecule has 4 rings (SSSR count). The van der Waals surface area contributed by atoms with Crippen molar-refractivity contribution in [1.29, 1.82) is 0 Å². The Balaban J connectivity index is 0.000000166. The summed E-state index contributed by atoms with van der Waals surface area (Å²) in [6.45, 7) is 0. The number of nitrogens with one attached hydrogen (secondary N) is 1. The van der Waals surface area contributed by atoms with Gasteiger partial charge in [-0.25, -0.2) is 24.5 Å². The molecule has 1 N–H and O–H groups in total. The first kappa shape index (κ1) is 20.9. The molecule has 150 valence electrons. The van der Waals surface area contributed by atoms with Gasteiger partial charge in [0.15, 0.2) is 5.69 Å². The van der Waals surface area contributed by atoms with E-state index < -0.39 is 17.5 Å². The SMILES string of the molecule is COC(=O)c1nc2ccsc2[nH]c1=O.COC(=O)c1nc2ccsc2nc1SC. The first-order valence-electron chi connectivity index (χ1n) is 7.91. The molecule has 0 aliphatic heterocycles. The van der Waals surface area contributed by atoms with Gasteiger partial charge in [-0.2, -0.15) is 0 Å². The van der Waals surface area contributed by atoms with Crippen molar-refractivity contribution in [3.05, 3.63) is 44.6 Å². The largest absolute Gasteiger partial charge is 0.464 e. The second-order valence-electron chi connectivity index (χ2n) is 5.23. The first-order valence-corrected chi connectivity index (χ1v) is 10.9. The zero-order chi connectivity index (χ0) is 21.0. The summed E-state index contributed by atoms with van der Waals surface area (Å²) in [5.74, 6) is -1.17. The van der Waals surface area contributed by atoms with E-state index in [1.165, 1.54) is 48.7 Å². The summed E-state index contributed by atoms with van der Waals surface area (Å²) in [6, 6.07) is 3.56. The van der Waals surface area contributed by atoms with Crippen LogP contribution in [0, 0.1) is 0 Å². The lowest BCUT2D eigenvalue weighted by molar-refractivity contribution is 0.0582. The first-order chi connectivity index (χ1) is 14.0. The lowest BCUT2D eigenvalue weighted by Crippen LogP contribution is -2.20. The Bertz CT molecular complexity index is 1250.